The third-order valence-electron chi connectivity index (χ3n) is 10.9. The molecule has 278 valence electrons. The van der Waals surface area contributed by atoms with Crippen LogP contribution in [0.1, 0.15) is 129 Å². The van der Waals surface area contributed by atoms with Crippen molar-refractivity contribution in [2.45, 2.75) is 141 Å². The Morgan fingerprint density at radius 1 is 0.784 bits per heavy atom. The van der Waals surface area contributed by atoms with Crippen molar-refractivity contribution in [1.29, 1.82) is 0 Å². The Morgan fingerprint density at radius 3 is 2.04 bits per heavy atom. The van der Waals surface area contributed by atoms with E-state index < -0.39 is 10.1 Å². The average molecular weight is 717 g/mol. The lowest BCUT2D eigenvalue weighted by Gasteiger charge is -2.31. The molecule has 8 heteroatoms. The smallest absolute Gasteiger partial charge is 0.294 e. The minimum absolute atomic E-state index is 0.0208. The van der Waals surface area contributed by atoms with E-state index in [2.05, 4.69) is 99.9 Å². The standard InChI is InChI=1S/C43H60N2O5S/c1-8-33(46)20-14-10-11-15-21-34(47)22-16-13-19-29-45-39-27-25-32(3)30-36(39)42(4,5)41(45)24-18-12-17-23-40-43(6,7)37-31-35(51(48,49)50)26-28-38(37)44(40)9-2/h12,17-18,23-28,30-31,40H,8-11,13-16,19-22,29H2,1-7H3,(H,48,49,50)/b18-12+,23-17+,41-24+. The fraction of sp³-hybridized carbons (Fsp3) is 0.535. The lowest BCUT2D eigenvalue weighted by atomic mass is 9.80. The van der Waals surface area contributed by atoms with Crippen LogP contribution in [-0.4, -0.2) is 43.7 Å². The van der Waals surface area contributed by atoms with Crippen LogP contribution in [0.15, 0.2) is 77.4 Å². The molecule has 4 rings (SSSR count). The van der Waals surface area contributed by atoms with Crippen LogP contribution < -0.4 is 9.80 Å². The van der Waals surface area contributed by atoms with Crippen LogP contribution in [0.2, 0.25) is 0 Å². The number of hydrogen-bond acceptors (Lipinski definition) is 6. The topological polar surface area (TPSA) is 95.0 Å². The molecule has 1 atom stereocenters. The van der Waals surface area contributed by atoms with Gasteiger partial charge in [-0.05, 0) is 81.0 Å². The summed E-state index contributed by atoms with van der Waals surface area (Å²) in [7, 11) is -4.29. The zero-order valence-electron chi connectivity index (χ0n) is 32.0. The summed E-state index contributed by atoms with van der Waals surface area (Å²) in [5.41, 5.74) is 6.47. The van der Waals surface area contributed by atoms with E-state index in [-0.39, 0.29) is 21.8 Å². The summed E-state index contributed by atoms with van der Waals surface area (Å²) in [6, 6.07) is 11.6. The molecule has 0 aromatic heterocycles. The van der Waals surface area contributed by atoms with Crippen molar-refractivity contribution in [3.8, 4) is 0 Å². The molecule has 51 heavy (non-hydrogen) atoms. The van der Waals surface area contributed by atoms with Crippen LogP contribution in [0.5, 0.6) is 0 Å². The number of nitrogens with zero attached hydrogens (tertiary/aromatic N) is 2. The van der Waals surface area contributed by atoms with Crippen molar-refractivity contribution in [3.63, 3.8) is 0 Å². The summed E-state index contributed by atoms with van der Waals surface area (Å²) in [4.78, 5) is 28.6. The number of benzene rings is 2. The molecule has 0 saturated carbocycles. The SMILES string of the molecule is CCC(=O)CCCCCCC(=O)CCCCCN1/C(=C/C=C/C=C/C2N(CC)c3ccc(S(=O)(=O)O)cc3C2(C)C)C(C)(C)c2cc(C)ccc21. The molecule has 0 fully saturated rings. The molecule has 0 amide bonds. The minimum Gasteiger partial charge on any atom is -0.364 e. The lowest BCUT2D eigenvalue weighted by molar-refractivity contribution is -0.120. The molecule has 7 nitrogen and oxygen atoms in total. The fourth-order valence-electron chi connectivity index (χ4n) is 7.83. The molecule has 2 heterocycles. The Hall–Kier alpha value is -3.49. The van der Waals surface area contributed by atoms with Crippen LogP contribution in [0.4, 0.5) is 11.4 Å². The number of fused-ring (bicyclic) bond motifs is 2. The van der Waals surface area contributed by atoms with Gasteiger partial charge in [-0.25, -0.2) is 0 Å². The van der Waals surface area contributed by atoms with Crippen LogP contribution in [-0.2, 0) is 30.5 Å². The molecule has 0 aliphatic carbocycles. The Balaban J connectivity index is 1.38. The molecule has 2 aliphatic heterocycles. The highest BCUT2D eigenvalue weighted by molar-refractivity contribution is 7.85. The van der Waals surface area contributed by atoms with Crippen molar-refractivity contribution < 1.29 is 22.6 Å². The van der Waals surface area contributed by atoms with E-state index in [1.165, 1.54) is 28.6 Å². The number of carbonyl (C=O) groups is 2. The van der Waals surface area contributed by atoms with E-state index in [1.54, 1.807) is 12.1 Å². The third kappa shape index (κ3) is 9.69. The quantitative estimate of drug-likeness (QED) is 0.0879. The Labute approximate surface area is 307 Å². The monoisotopic (exact) mass is 716 g/mol. The molecule has 0 saturated heterocycles. The van der Waals surface area contributed by atoms with Gasteiger partial charge >= 0.3 is 0 Å². The van der Waals surface area contributed by atoms with Gasteiger partial charge in [-0.1, -0.05) is 95.9 Å². The number of rotatable bonds is 19. The van der Waals surface area contributed by atoms with E-state index in [9.17, 15) is 22.6 Å². The van der Waals surface area contributed by atoms with Crippen LogP contribution in [0.25, 0.3) is 0 Å². The molecule has 2 aliphatic rings. The first-order valence-corrected chi connectivity index (χ1v) is 20.4. The number of unbranched alkanes of at least 4 members (excludes halogenated alkanes) is 5. The van der Waals surface area contributed by atoms with Gasteiger partial charge in [0.05, 0.1) is 10.9 Å². The van der Waals surface area contributed by atoms with Gasteiger partial charge in [-0.3, -0.25) is 14.1 Å². The first-order valence-electron chi connectivity index (χ1n) is 19.0. The molecule has 1 unspecified atom stereocenters. The van der Waals surface area contributed by atoms with Crippen molar-refractivity contribution in [2.24, 2.45) is 0 Å². The highest BCUT2D eigenvalue weighted by atomic mass is 32.2. The number of ketones is 2. The summed E-state index contributed by atoms with van der Waals surface area (Å²) in [5.74, 6) is 0.688. The van der Waals surface area contributed by atoms with E-state index in [4.69, 9.17) is 0 Å². The van der Waals surface area contributed by atoms with Crippen LogP contribution >= 0.6 is 0 Å². The number of Topliss-reactive ketones (excluding diaryl/α,β-unsaturated/α-hetero) is 2. The maximum Gasteiger partial charge on any atom is 0.294 e. The maximum absolute atomic E-state index is 12.5. The summed E-state index contributed by atoms with van der Waals surface area (Å²) >= 11 is 0. The van der Waals surface area contributed by atoms with Gasteiger partial charge in [0.1, 0.15) is 11.6 Å². The van der Waals surface area contributed by atoms with Crippen molar-refractivity contribution in [2.75, 3.05) is 22.9 Å². The average Bonchev–Trinajstić information content (AvgIpc) is 3.42. The number of aryl methyl sites for hydroxylation is 1. The van der Waals surface area contributed by atoms with Gasteiger partial charge in [0, 0.05) is 66.7 Å². The number of hydrogen-bond donors (Lipinski definition) is 1. The second kappa shape index (κ2) is 17.4. The molecule has 0 bridgehead atoms. The van der Waals surface area contributed by atoms with Gasteiger partial charge in [-0.2, -0.15) is 8.42 Å². The van der Waals surface area contributed by atoms with Gasteiger partial charge in [0.2, 0.25) is 0 Å². The maximum atomic E-state index is 12.5. The molecule has 0 spiro atoms. The first-order chi connectivity index (χ1) is 24.1. The highest BCUT2D eigenvalue weighted by Gasteiger charge is 2.43. The second-order valence-electron chi connectivity index (χ2n) is 15.4. The van der Waals surface area contributed by atoms with Crippen molar-refractivity contribution >= 4 is 33.1 Å². The van der Waals surface area contributed by atoms with E-state index in [0.717, 1.165) is 69.3 Å². The molecule has 0 radical (unpaired) electrons. The number of allylic oxidation sites excluding steroid dienone is 5. The summed E-state index contributed by atoms with van der Waals surface area (Å²) in [5, 5.41) is 0. The van der Waals surface area contributed by atoms with Gasteiger partial charge in [0.15, 0.2) is 0 Å². The lowest BCUT2D eigenvalue weighted by Crippen LogP contribution is -2.39. The zero-order valence-corrected chi connectivity index (χ0v) is 32.8. The predicted octanol–water partition coefficient (Wildman–Crippen LogP) is 9.97. The van der Waals surface area contributed by atoms with Gasteiger partial charge in [0.25, 0.3) is 10.1 Å². The highest BCUT2D eigenvalue weighted by Crippen LogP contribution is 2.49. The van der Waals surface area contributed by atoms with Crippen molar-refractivity contribution in [1.82, 2.24) is 0 Å². The molecular weight excluding hydrogens is 657 g/mol. The number of anilines is 2. The molecule has 2 aromatic rings. The fourth-order valence-corrected chi connectivity index (χ4v) is 8.34. The Morgan fingerprint density at radius 2 is 1.41 bits per heavy atom. The van der Waals surface area contributed by atoms with Crippen molar-refractivity contribution in [3.05, 3.63) is 89.2 Å². The third-order valence-corrected chi connectivity index (χ3v) is 11.7. The Bertz CT molecular complexity index is 1750. The largest absolute Gasteiger partial charge is 0.364 e. The Kier molecular flexibility index (Phi) is 13.7. The normalized spacial score (nSPS) is 18.7. The van der Waals surface area contributed by atoms with E-state index >= 15 is 0 Å². The molecule has 2 aromatic carbocycles. The number of likely N-dealkylation sites (N-methyl/N-ethyl adjacent to an activating group) is 1. The summed E-state index contributed by atoms with van der Waals surface area (Å²) < 4.78 is 33.4. The second-order valence-corrected chi connectivity index (χ2v) is 16.8. The first kappa shape index (κ1) is 40.3. The van der Waals surface area contributed by atoms with Gasteiger partial charge in [-0.15, -0.1) is 0 Å². The molecule has 1 N–H and O–H groups in total. The van der Waals surface area contributed by atoms with E-state index in [1.807, 2.05) is 6.92 Å². The summed E-state index contributed by atoms with van der Waals surface area (Å²) in [6.07, 6.45) is 20.1. The van der Waals surface area contributed by atoms with Crippen LogP contribution in [0.3, 0.4) is 0 Å². The predicted molar refractivity (Wildman–Crippen MR) is 210 cm³/mol. The van der Waals surface area contributed by atoms with E-state index in [0.29, 0.717) is 37.2 Å². The number of carbonyl (C=O) groups excluding carboxylic acids is 2. The molecular formula is C43H60N2O5S. The summed E-state index contributed by atoms with van der Waals surface area (Å²) in [6.45, 7) is 16.6. The van der Waals surface area contributed by atoms with Crippen LogP contribution in [0, 0.1) is 6.92 Å². The zero-order chi connectivity index (χ0) is 37.4. The van der Waals surface area contributed by atoms with Gasteiger partial charge < -0.3 is 9.80 Å². The minimum atomic E-state index is -4.29.